The number of hydrogen-bond acceptors (Lipinski definition) is 11. The lowest BCUT2D eigenvalue weighted by Crippen LogP contribution is -2.55. The number of benzene rings is 1. The van der Waals surface area contributed by atoms with Crippen LogP contribution in [-0.2, 0) is 27.0 Å². The molecule has 2 aromatic heterocycles. The van der Waals surface area contributed by atoms with Gasteiger partial charge in [-0.15, -0.1) is 0 Å². The van der Waals surface area contributed by atoms with Gasteiger partial charge in [0.1, 0.15) is 12.1 Å². The van der Waals surface area contributed by atoms with E-state index in [2.05, 4.69) is 37.0 Å². The highest BCUT2D eigenvalue weighted by Crippen LogP contribution is 2.39. The quantitative estimate of drug-likeness (QED) is 0.189. The molecule has 5 rings (SSSR count). The molecule has 2 aliphatic heterocycles. The molecular weight excluding hydrogens is 645 g/mol. The number of alkyl halides is 3. The molecule has 16 heteroatoms. The molecule has 1 N–H and O–H groups in total. The van der Waals surface area contributed by atoms with E-state index in [-0.39, 0.29) is 52.5 Å². The Morgan fingerprint density at radius 2 is 1.94 bits per heavy atom. The minimum absolute atomic E-state index is 0.0164. The van der Waals surface area contributed by atoms with E-state index >= 15 is 4.39 Å². The number of halogens is 5. The van der Waals surface area contributed by atoms with Crippen LogP contribution in [-0.4, -0.2) is 95.9 Å². The smallest absolute Gasteiger partial charge is 0.416 e. The van der Waals surface area contributed by atoms with Gasteiger partial charge in [0.2, 0.25) is 5.82 Å². The fourth-order valence-electron chi connectivity index (χ4n) is 6.01. The molecule has 0 radical (unpaired) electrons. The normalized spacial score (nSPS) is 19.4. The Labute approximate surface area is 273 Å². The van der Waals surface area contributed by atoms with E-state index in [1.807, 2.05) is 0 Å². The molecule has 2 fully saturated rings. The molecule has 0 spiro atoms. The first-order chi connectivity index (χ1) is 22.5. The van der Waals surface area contributed by atoms with E-state index in [1.54, 1.807) is 18.9 Å². The average Bonchev–Trinajstić information content (AvgIpc) is 3.62. The number of carbonyl (C=O) groups is 1. The lowest BCUT2D eigenvalue weighted by molar-refractivity contribution is -0.143. The monoisotopic (exact) mass is 683 g/mol. The van der Waals surface area contributed by atoms with Crippen molar-refractivity contribution in [2.45, 2.75) is 57.9 Å². The SMILES string of the molecule is CCOC(=O)CCN1CCN(c2ncnc(Nc3nc(-c4cc(F)cc(C(F)(F)F)c4)c(CN4CCC[C@H]4C)s3)c2F)C[C@H]1COC. The Bertz CT molecular complexity index is 1540. The molecule has 2 aliphatic rings. The molecule has 0 bridgehead atoms. The van der Waals surface area contributed by atoms with E-state index in [0.29, 0.717) is 56.9 Å². The summed E-state index contributed by atoms with van der Waals surface area (Å²) in [5, 5.41) is 3.10. The number of nitrogens with zero attached hydrogens (tertiary/aromatic N) is 6. The second kappa shape index (κ2) is 15.2. The number of rotatable bonds is 12. The summed E-state index contributed by atoms with van der Waals surface area (Å²) in [6.07, 6.45) is -1.32. The highest BCUT2D eigenvalue weighted by molar-refractivity contribution is 7.16. The van der Waals surface area contributed by atoms with Crippen molar-refractivity contribution >= 4 is 34.1 Å². The first-order valence-corrected chi connectivity index (χ1v) is 16.3. The zero-order valence-electron chi connectivity index (χ0n) is 26.4. The zero-order valence-corrected chi connectivity index (χ0v) is 27.3. The predicted octanol–water partition coefficient (Wildman–Crippen LogP) is 5.72. The van der Waals surface area contributed by atoms with Crippen LogP contribution in [0.3, 0.4) is 0 Å². The van der Waals surface area contributed by atoms with Gasteiger partial charge in [-0.25, -0.2) is 19.3 Å². The van der Waals surface area contributed by atoms with Crippen LogP contribution >= 0.6 is 11.3 Å². The molecule has 2 atom stereocenters. The van der Waals surface area contributed by atoms with E-state index in [9.17, 15) is 22.4 Å². The van der Waals surface area contributed by atoms with Crippen molar-refractivity contribution in [3.63, 3.8) is 0 Å². The maximum atomic E-state index is 16.0. The Morgan fingerprint density at radius 1 is 1.13 bits per heavy atom. The van der Waals surface area contributed by atoms with Crippen molar-refractivity contribution in [2.24, 2.45) is 0 Å². The number of thiazole rings is 1. The van der Waals surface area contributed by atoms with Gasteiger partial charge < -0.3 is 19.7 Å². The summed E-state index contributed by atoms with van der Waals surface area (Å²) in [6, 6.07) is 2.47. The van der Waals surface area contributed by atoms with Crippen LogP contribution < -0.4 is 10.2 Å². The number of piperazine rings is 1. The Hall–Kier alpha value is -3.47. The van der Waals surface area contributed by atoms with Crippen molar-refractivity contribution in [1.29, 1.82) is 0 Å². The number of carbonyl (C=O) groups excluding carboxylic acids is 1. The maximum Gasteiger partial charge on any atom is 0.416 e. The summed E-state index contributed by atoms with van der Waals surface area (Å²) < 4.78 is 81.6. The lowest BCUT2D eigenvalue weighted by Gasteiger charge is -2.41. The van der Waals surface area contributed by atoms with Crippen molar-refractivity contribution in [3.05, 3.63) is 46.6 Å². The highest BCUT2D eigenvalue weighted by Gasteiger charge is 2.33. The molecule has 0 aliphatic carbocycles. The van der Waals surface area contributed by atoms with E-state index in [1.165, 1.54) is 6.33 Å². The van der Waals surface area contributed by atoms with Gasteiger partial charge in [-0.2, -0.15) is 17.6 Å². The van der Waals surface area contributed by atoms with E-state index in [0.717, 1.165) is 42.9 Å². The van der Waals surface area contributed by atoms with Crippen LogP contribution in [0.1, 0.15) is 43.6 Å². The van der Waals surface area contributed by atoms with E-state index < -0.39 is 23.4 Å². The van der Waals surface area contributed by atoms with Gasteiger partial charge in [0, 0.05) is 56.3 Å². The first kappa shape index (κ1) is 34.9. The Balaban J connectivity index is 1.39. The number of hydrogen-bond donors (Lipinski definition) is 1. The molecule has 0 amide bonds. The molecule has 2 saturated heterocycles. The Morgan fingerprint density at radius 3 is 2.64 bits per heavy atom. The fraction of sp³-hybridized carbons (Fsp3) is 0.548. The summed E-state index contributed by atoms with van der Waals surface area (Å²) in [5.74, 6) is -2.13. The summed E-state index contributed by atoms with van der Waals surface area (Å²) in [7, 11) is 1.57. The van der Waals surface area contributed by atoms with Gasteiger partial charge in [0.05, 0.1) is 36.9 Å². The van der Waals surface area contributed by atoms with Gasteiger partial charge in [0.15, 0.2) is 16.8 Å². The van der Waals surface area contributed by atoms with Gasteiger partial charge in [0.25, 0.3) is 0 Å². The Kier molecular flexibility index (Phi) is 11.3. The number of anilines is 3. The standard InChI is InChI=1S/C31H38F5N7O3S/c1-4-46-25(44)7-9-41-10-11-43(15-23(41)17-45-3)29-26(33)28(37-18-38-29)40-30-39-27(24(47-30)16-42-8-5-6-19(42)2)20-12-21(31(34,35)36)14-22(32)13-20/h12-14,18-19,23H,4-11,15-17H2,1-3H3,(H,37,38,39,40)/t19-,23+/m1/s1. The predicted molar refractivity (Wildman–Crippen MR) is 168 cm³/mol. The summed E-state index contributed by atoms with van der Waals surface area (Å²) in [4.78, 5) is 31.4. The van der Waals surface area contributed by atoms with Crippen molar-refractivity contribution in [3.8, 4) is 11.3 Å². The molecule has 0 saturated carbocycles. The van der Waals surface area contributed by atoms with Crippen molar-refractivity contribution < 1.29 is 36.2 Å². The third kappa shape index (κ3) is 8.52. The third-order valence-corrected chi connectivity index (χ3v) is 9.36. The first-order valence-electron chi connectivity index (χ1n) is 15.5. The number of likely N-dealkylation sites (tertiary alicyclic amines) is 1. The highest BCUT2D eigenvalue weighted by atomic mass is 32.1. The number of methoxy groups -OCH3 is 1. The lowest BCUT2D eigenvalue weighted by atomic mass is 10.1. The number of ether oxygens (including phenoxy) is 2. The maximum absolute atomic E-state index is 16.0. The molecule has 3 aromatic rings. The topological polar surface area (TPSA) is 96.0 Å². The van der Waals surface area contributed by atoms with Gasteiger partial charge in [-0.05, 0) is 51.4 Å². The average molecular weight is 684 g/mol. The molecule has 47 heavy (non-hydrogen) atoms. The zero-order chi connectivity index (χ0) is 33.7. The minimum Gasteiger partial charge on any atom is -0.466 e. The van der Waals surface area contributed by atoms with Crippen LogP contribution in [0.4, 0.5) is 38.7 Å². The minimum atomic E-state index is -4.74. The molecule has 4 heterocycles. The second-order valence-electron chi connectivity index (χ2n) is 11.6. The van der Waals surface area contributed by atoms with Gasteiger partial charge >= 0.3 is 12.1 Å². The van der Waals surface area contributed by atoms with Crippen LogP contribution in [0.5, 0.6) is 0 Å². The number of nitrogens with one attached hydrogen (secondary N) is 1. The molecular formula is C31H38F5N7O3S. The molecule has 0 unspecified atom stereocenters. The summed E-state index contributed by atoms with van der Waals surface area (Å²) in [6.45, 7) is 7.50. The molecule has 10 nitrogen and oxygen atoms in total. The largest absolute Gasteiger partial charge is 0.466 e. The van der Waals surface area contributed by atoms with Crippen molar-refractivity contribution in [1.82, 2.24) is 24.8 Å². The summed E-state index contributed by atoms with van der Waals surface area (Å²) in [5.41, 5.74) is -0.940. The van der Waals surface area contributed by atoms with Crippen molar-refractivity contribution in [2.75, 3.05) is 63.3 Å². The van der Waals surface area contributed by atoms with E-state index in [4.69, 9.17) is 9.47 Å². The van der Waals surface area contributed by atoms with Gasteiger partial charge in [-0.3, -0.25) is 14.6 Å². The van der Waals surface area contributed by atoms with Crippen LogP contribution in [0.2, 0.25) is 0 Å². The molecule has 1 aromatic carbocycles. The van der Waals surface area contributed by atoms with Crippen LogP contribution in [0.15, 0.2) is 24.5 Å². The molecule has 256 valence electrons. The fourth-order valence-corrected chi connectivity index (χ4v) is 7.02. The number of esters is 1. The van der Waals surface area contributed by atoms with Crippen LogP contribution in [0.25, 0.3) is 11.3 Å². The van der Waals surface area contributed by atoms with Crippen LogP contribution in [0, 0.1) is 11.6 Å². The van der Waals surface area contributed by atoms with Gasteiger partial charge in [-0.1, -0.05) is 11.3 Å². The summed E-state index contributed by atoms with van der Waals surface area (Å²) >= 11 is 1.16. The third-order valence-electron chi connectivity index (χ3n) is 8.40. The second-order valence-corrected chi connectivity index (χ2v) is 12.7. The number of aromatic nitrogens is 3.